The smallest absolute Gasteiger partial charge is 0.253 e. The molecule has 0 saturated heterocycles. The van der Waals surface area contributed by atoms with Gasteiger partial charge in [-0.15, -0.1) is 0 Å². The van der Waals surface area contributed by atoms with E-state index < -0.39 is 0 Å². The zero-order valence-electron chi connectivity index (χ0n) is 12.8. The van der Waals surface area contributed by atoms with Crippen LogP contribution in [0.4, 0.5) is 0 Å². The van der Waals surface area contributed by atoms with E-state index in [0.717, 1.165) is 29.9 Å². The number of fused-ring (bicyclic) bond motifs is 1. The van der Waals surface area contributed by atoms with E-state index in [1.807, 2.05) is 25.1 Å². The Hall–Kier alpha value is -1.88. The minimum Gasteiger partial charge on any atom is -0.345 e. The molecule has 0 atom stereocenters. The summed E-state index contributed by atoms with van der Waals surface area (Å²) in [6, 6.07) is 5.73. The molecule has 108 valence electrons. The first-order chi connectivity index (χ1) is 9.40. The van der Waals surface area contributed by atoms with Crippen molar-refractivity contribution in [2.45, 2.75) is 13.5 Å². The van der Waals surface area contributed by atoms with Crippen LogP contribution in [-0.4, -0.2) is 60.0 Å². The molecule has 5 nitrogen and oxygen atoms in total. The lowest BCUT2D eigenvalue weighted by molar-refractivity contribution is 0.0828. The van der Waals surface area contributed by atoms with Gasteiger partial charge < -0.3 is 14.4 Å². The number of carbonyl (C=O) groups is 1. The highest BCUT2D eigenvalue weighted by molar-refractivity contribution is 5.97. The zero-order valence-corrected chi connectivity index (χ0v) is 12.8. The van der Waals surface area contributed by atoms with Crippen LogP contribution >= 0.6 is 0 Å². The van der Waals surface area contributed by atoms with E-state index in [4.69, 9.17) is 0 Å². The molecule has 0 aliphatic heterocycles. The summed E-state index contributed by atoms with van der Waals surface area (Å²) in [7, 11) is 7.63. The number of hydrogen-bond acceptors (Lipinski definition) is 3. The first-order valence-corrected chi connectivity index (χ1v) is 6.73. The number of hydrogen-bond donors (Lipinski definition) is 0. The van der Waals surface area contributed by atoms with E-state index in [2.05, 4.69) is 28.5 Å². The Kier molecular flexibility index (Phi) is 4.09. The first-order valence-electron chi connectivity index (χ1n) is 6.73. The van der Waals surface area contributed by atoms with E-state index >= 15 is 0 Å². The quantitative estimate of drug-likeness (QED) is 0.850. The molecule has 1 amide bonds. The van der Waals surface area contributed by atoms with Crippen molar-refractivity contribution in [1.29, 1.82) is 0 Å². The maximum absolute atomic E-state index is 12.0. The first kappa shape index (κ1) is 14.5. The Morgan fingerprint density at radius 1 is 1.25 bits per heavy atom. The fraction of sp³-hybridized carbons (Fsp3) is 0.467. The molecule has 2 aromatic rings. The predicted molar refractivity (Wildman–Crippen MR) is 81.0 cm³/mol. The Morgan fingerprint density at radius 2 is 1.95 bits per heavy atom. The molecule has 0 aliphatic carbocycles. The molecule has 2 rings (SSSR count). The van der Waals surface area contributed by atoms with Gasteiger partial charge in [-0.3, -0.25) is 4.79 Å². The van der Waals surface area contributed by atoms with Gasteiger partial charge in [-0.2, -0.15) is 0 Å². The van der Waals surface area contributed by atoms with Crippen molar-refractivity contribution in [2.24, 2.45) is 0 Å². The van der Waals surface area contributed by atoms with Gasteiger partial charge in [0.1, 0.15) is 5.82 Å². The molecule has 0 aliphatic rings. The molecular formula is C15H22N4O. The van der Waals surface area contributed by atoms with Crippen molar-refractivity contribution in [3.63, 3.8) is 0 Å². The monoisotopic (exact) mass is 274 g/mol. The Morgan fingerprint density at radius 3 is 2.55 bits per heavy atom. The van der Waals surface area contributed by atoms with Crippen LogP contribution in [-0.2, 0) is 6.54 Å². The standard InChI is InChI=1S/C15H22N4O/c1-11-16-13-10-12(15(20)18(4)5)6-7-14(13)19(11)9-8-17(2)3/h6-7,10H,8-9H2,1-5H3. The minimum absolute atomic E-state index is 0.00685. The average Bonchev–Trinajstić information content (AvgIpc) is 2.69. The molecule has 0 spiro atoms. The third-order valence-electron chi connectivity index (χ3n) is 3.36. The van der Waals surface area contributed by atoms with Crippen molar-refractivity contribution in [1.82, 2.24) is 19.4 Å². The molecule has 0 radical (unpaired) electrons. The molecular weight excluding hydrogens is 252 g/mol. The molecule has 0 unspecified atom stereocenters. The van der Waals surface area contributed by atoms with Crippen LogP contribution in [0.2, 0.25) is 0 Å². The van der Waals surface area contributed by atoms with Crippen LogP contribution < -0.4 is 0 Å². The highest BCUT2D eigenvalue weighted by atomic mass is 16.2. The summed E-state index contributed by atoms with van der Waals surface area (Å²) in [4.78, 5) is 20.3. The number of imidazole rings is 1. The Balaban J connectivity index is 2.38. The fourth-order valence-electron chi connectivity index (χ4n) is 2.22. The van der Waals surface area contributed by atoms with Crippen molar-refractivity contribution < 1.29 is 4.79 Å². The molecule has 5 heteroatoms. The third kappa shape index (κ3) is 2.82. The van der Waals surface area contributed by atoms with Crippen molar-refractivity contribution >= 4 is 16.9 Å². The van der Waals surface area contributed by atoms with Gasteiger partial charge in [0, 0.05) is 32.7 Å². The Labute approximate surface area is 119 Å². The van der Waals surface area contributed by atoms with Crippen LogP contribution in [0.3, 0.4) is 0 Å². The summed E-state index contributed by atoms with van der Waals surface area (Å²) < 4.78 is 2.19. The molecule has 20 heavy (non-hydrogen) atoms. The van der Waals surface area contributed by atoms with Gasteiger partial charge in [-0.05, 0) is 39.2 Å². The Bertz CT molecular complexity index is 628. The topological polar surface area (TPSA) is 41.4 Å². The van der Waals surface area contributed by atoms with E-state index in [0.29, 0.717) is 5.56 Å². The molecule has 1 aromatic carbocycles. The van der Waals surface area contributed by atoms with Crippen molar-refractivity contribution in [2.75, 3.05) is 34.7 Å². The number of benzene rings is 1. The number of amides is 1. The summed E-state index contributed by atoms with van der Waals surface area (Å²) in [5, 5.41) is 0. The van der Waals surface area contributed by atoms with E-state index in [1.54, 1.807) is 19.0 Å². The van der Waals surface area contributed by atoms with Gasteiger partial charge in [-0.1, -0.05) is 0 Å². The number of aryl methyl sites for hydroxylation is 1. The SMILES string of the molecule is Cc1nc2cc(C(=O)N(C)C)ccc2n1CCN(C)C. The van der Waals surface area contributed by atoms with Crippen molar-refractivity contribution in [3.8, 4) is 0 Å². The van der Waals surface area contributed by atoms with Crippen LogP contribution in [0, 0.1) is 6.92 Å². The maximum Gasteiger partial charge on any atom is 0.253 e. The number of nitrogens with zero attached hydrogens (tertiary/aromatic N) is 4. The lowest BCUT2D eigenvalue weighted by atomic mass is 10.2. The summed E-state index contributed by atoms with van der Waals surface area (Å²) in [5.41, 5.74) is 2.65. The highest BCUT2D eigenvalue weighted by Crippen LogP contribution is 2.18. The van der Waals surface area contributed by atoms with Crippen molar-refractivity contribution in [3.05, 3.63) is 29.6 Å². The van der Waals surface area contributed by atoms with Gasteiger partial charge in [0.25, 0.3) is 5.91 Å². The summed E-state index contributed by atoms with van der Waals surface area (Å²) in [6.45, 7) is 3.87. The summed E-state index contributed by atoms with van der Waals surface area (Å²) in [6.07, 6.45) is 0. The zero-order chi connectivity index (χ0) is 14.9. The molecule has 1 heterocycles. The van der Waals surface area contributed by atoms with Crippen LogP contribution in [0.5, 0.6) is 0 Å². The molecule has 0 bridgehead atoms. The fourth-order valence-corrected chi connectivity index (χ4v) is 2.22. The molecule has 0 saturated carbocycles. The van der Waals surface area contributed by atoms with Gasteiger partial charge in [0.05, 0.1) is 11.0 Å². The second-order valence-electron chi connectivity index (χ2n) is 5.52. The van der Waals surface area contributed by atoms with E-state index in [-0.39, 0.29) is 5.91 Å². The number of rotatable bonds is 4. The molecule has 0 N–H and O–H groups in total. The van der Waals surface area contributed by atoms with Crippen LogP contribution in [0.15, 0.2) is 18.2 Å². The largest absolute Gasteiger partial charge is 0.345 e. The summed E-state index contributed by atoms with van der Waals surface area (Å²) in [5.74, 6) is 0.990. The van der Waals surface area contributed by atoms with Gasteiger partial charge in [0.2, 0.25) is 0 Å². The second-order valence-corrected chi connectivity index (χ2v) is 5.52. The third-order valence-corrected chi connectivity index (χ3v) is 3.36. The van der Waals surface area contributed by atoms with Gasteiger partial charge in [0.15, 0.2) is 0 Å². The van der Waals surface area contributed by atoms with Crippen LogP contribution in [0.25, 0.3) is 11.0 Å². The molecule has 0 fully saturated rings. The lowest BCUT2D eigenvalue weighted by Gasteiger charge is -2.12. The highest BCUT2D eigenvalue weighted by Gasteiger charge is 2.12. The number of likely N-dealkylation sites (N-methyl/N-ethyl adjacent to an activating group) is 1. The summed E-state index contributed by atoms with van der Waals surface area (Å²) >= 11 is 0. The second kappa shape index (κ2) is 5.63. The van der Waals surface area contributed by atoms with E-state index in [1.165, 1.54) is 0 Å². The normalized spacial score (nSPS) is 11.3. The molecule has 1 aromatic heterocycles. The number of aromatic nitrogens is 2. The average molecular weight is 274 g/mol. The van der Waals surface area contributed by atoms with Crippen LogP contribution in [0.1, 0.15) is 16.2 Å². The van der Waals surface area contributed by atoms with Gasteiger partial charge in [-0.25, -0.2) is 4.98 Å². The van der Waals surface area contributed by atoms with E-state index in [9.17, 15) is 4.79 Å². The maximum atomic E-state index is 12.0. The number of carbonyl (C=O) groups excluding carboxylic acids is 1. The lowest BCUT2D eigenvalue weighted by Crippen LogP contribution is -2.21. The predicted octanol–water partition coefficient (Wildman–Crippen LogP) is 1.61. The van der Waals surface area contributed by atoms with Gasteiger partial charge >= 0.3 is 0 Å². The minimum atomic E-state index is 0.00685.